The summed E-state index contributed by atoms with van der Waals surface area (Å²) in [6, 6.07) is 5.56. The van der Waals surface area contributed by atoms with Crippen LogP contribution >= 0.6 is 0 Å². The zero-order chi connectivity index (χ0) is 12.8. The molecule has 2 saturated carbocycles. The third-order valence-corrected chi connectivity index (χ3v) is 4.71. The second-order valence-corrected chi connectivity index (χ2v) is 5.84. The Hall–Kier alpha value is -1.71. The van der Waals surface area contributed by atoms with E-state index in [2.05, 4.69) is 5.32 Å². The summed E-state index contributed by atoms with van der Waals surface area (Å²) in [5.74, 6) is 3.25. The first kappa shape index (κ1) is 11.1. The standard InChI is InChI=1S/C15H17NO3/c17-15(12-6-9-1-2-10(12)5-9)16-11-3-4-13-14(7-11)19-8-18-13/h3-4,7,9-10,12H,1-2,5-6,8H2,(H,16,17)/t9-,10-,12-/m1/s1. The highest BCUT2D eigenvalue weighted by molar-refractivity contribution is 5.93. The zero-order valence-electron chi connectivity index (χ0n) is 10.7. The molecule has 0 saturated heterocycles. The summed E-state index contributed by atoms with van der Waals surface area (Å²) >= 11 is 0. The molecule has 2 fully saturated rings. The van der Waals surface area contributed by atoms with Crippen LogP contribution in [0.15, 0.2) is 18.2 Å². The number of fused-ring (bicyclic) bond motifs is 3. The fourth-order valence-electron chi connectivity index (χ4n) is 3.78. The first-order valence-electron chi connectivity index (χ1n) is 7.00. The minimum atomic E-state index is 0.172. The maximum Gasteiger partial charge on any atom is 0.231 e. The monoisotopic (exact) mass is 259 g/mol. The zero-order valence-corrected chi connectivity index (χ0v) is 10.7. The summed E-state index contributed by atoms with van der Waals surface area (Å²) in [6.07, 6.45) is 4.86. The van der Waals surface area contributed by atoms with Gasteiger partial charge in [0.15, 0.2) is 11.5 Å². The lowest BCUT2D eigenvalue weighted by Crippen LogP contribution is -2.27. The summed E-state index contributed by atoms with van der Waals surface area (Å²) in [7, 11) is 0. The van der Waals surface area contributed by atoms with Crippen molar-refractivity contribution >= 4 is 11.6 Å². The van der Waals surface area contributed by atoms with E-state index >= 15 is 0 Å². The molecule has 1 amide bonds. The molecule has 0 radical (unpaired) electrons. The molecule has 1 heterocycles. The average molecular weight is 259 g/mol. The first-order valence-corrected chi connectivity index (χ1v) is 7.00. The Morgan fingerprint density at radius 2 is 2.05 bits per heavy atom. The van der Waals surface area contributed by atoms with E-state index in [-0.39, 0.29) is 18.6 Å². The Bertz CT molecular complexity index is 528. The Labute approximate surface area is 112 Å². The number of anilines is 1. The topological polar surface area (TPSA) is 47.6 Å². The number of hydrogen-bond donors (Lipinski definition) is 1. The molecule has 1 aromatic rings. The Morgan fingerprint density at radius 1 is 1.16 bits per heavy atom. The van der Waals surface area contributed by atoms with Crippen molar-refractivity contribution in [1.29, 1.82) is 0 Å². The third-order valence-electron chi connectivity index (χ3n) is 4.71. The number of benzene rings is 1. The van der Waals surface area contributed by atoms with Crippen LogP contribution in [0.25, 0.3) is 0 Å². The fraction of sp³-hybridized carbons (Fsp3) is 0.533. The molecule has 3 aliphatic rings. The molecule has 100 valence electrons. The lowest BCUT2D eigenvalue weighted by Gasteiger charge is -2.20. The largest absolute Gasteiger partial charge is 0.454 e. The van der Waals surface area contributed by atoms with Gasteiger partial charge >= 0.3 is 0 Å². The molecule has 19 heavy (non-hydrogen) atoms. The second kappa shape index (κ2) is 4.15. The highest BCUT2D eigenvalue weighted by Crippen LogP contribution is 2.48. The Balaban J connectivity index is 1.48. The molecule has 2 aliphatic carbocycles. The smallest absolute Gasteiger partial charge is 0.231 e. The van der Waals surface area contributed by atoms with Crippen LogP contribution in [0, 0.1) is 17.8 Å². The van der Waals surface area contributed by atoms with E-state index < -0.39 is 0 Å². The molecule has 1 N–H and O–H groups in total. The van der Waals surface area contributed by atoms with Gasteiger partial charge in [0.05, 0.1) is 0 Å². The van der Waals surface area contributed by atoms with Crippen LogP contribution in [0.2, 0.25) is 0 Å². The van der Waals surface area contributed by atoms with Crippen molar-refractivity contribution in [2.45, 2.75) is 25.7 Å². The highest BCUT2D eigenvalue weighted by Gasteiger charge is 2.43. The summed E-state index contributed by atoms with van der Waals surface area (Å²) in [5, 5.41) is 3.02. The Morgan fingerprint density at radius 3 is 2.84 bits per heavy atom. The maximum atomic E-state index is 12.3. The molecule has 1 aliphatic heterocycles. The van der Waals surface area contributed by atoms with Crippen LogP contribution in [0.5, 0.6) is 11.5 Å². The van der Waals surface area contributed by atoms with Crippen molar-refractivity contribution in [3.05, 3.63) is 18.2 Å². The van der Waals surface area contributed by atoms with Crippen LogP contribution in [0.3, 0.4) is 0 Å². The van der Waals surface area contributed by atoms with Crippen molar-refractivity contribution in [1.82, 2.24) is 0 Å². The van der Waals surface area contributed by atoms with Crippen molar-refractivity contribution in [2.24, 2.45) is 17.8 Å². The van der Waals surface area contributed by atoms with Gasteiger partial charge in [0.2, 0.25) is 12.7 Å². The normalized spacial score (nSPS) is 30.6. The number of rotatable bonds is 2. The van der Waals surface area contributed by atoms with Crippen molar-refractivity contribution in [2.75, 3.05) is 12.1 Å². The molecule has 4 rings (SSSR count). The van der Waals surface area contributed by atoms with Crippen molar-refractivity contribution < 1.29 is 14.3 Å². The van der Waals surface area contributed by atoms with Crippen molar-refractivity contribution in [3.63, 3.8) is 0 Å². The minimum absolute atomic E-state index is 0.172. The van der Waals surface area contributed by atoms with Crippen LogP contribution in [-0.2, 0) is 4.79 Å². The van der Waals surface area contributed by atoms with Gasteiger partial charge in [-0.15, -0.1) is 0 Å². The number of amides is 1. The van der Waals surface area contributed by atoms with E-state index in [1.54, 1.807) is 0 Å². The number of hydrogen-bond acceptors (Lipinski definition) is 3. The van der Waals surface area contributed by atoms with Gasteiger partial charge < -0.3 is 14.8 Å². The van der Waals surface area contributed by atoms with E-state index in [4.69, 9.17) is 9.47 Å². The number of nitrogens with one attached hydrogen (secondary N) is 1. The van der Waals surface area contributed by atoms with Crippen LogP contribution in [-0.4, -0.2) is 12.7 Å². The summed E-state index contributed by atoms with van der Waals surface area (Å²) in [4.78, 5) is 12.3. The van der Waals surface area contributed by atoms with Gasteiger partial charge in [-0.1, -0.05) is 6.42 Å². The lowest BCUT2D eigenvalue weighted by molar-refractivity contribution is -0.121. The summed E-state index contributed by atoms with van der Waals surface area (Å²) < 4.78 is 10.6. The highest BCUT2D eigenvalue weighted by atomic mass is 16.7. The molecule has 1 aromatic carbocycles. The Kier molecular flexibility index (Phi) is 2.43. The predicted molar refractivity (Wildman–Crippen MR) is 70.1 cm³/mol. The third kappa shape index (κ3) is 1.86. The van der Waals surface area contributed by atoms with Gasteiger partial charge in [0, 0.05) is 17.7 Å². The van der Waals surface area contributed by atoms with Crippen molar-refractivity contribution in [3.8, 4) is 11.5 Å². The second-order valence-electron chi connectivity index (χ2n) is 5.84. The quantitative estimate of drug-likeness (QED) is 0.888. The van der Waals surface area contributed by atoms with Crippen LogP contribution < -0.4 is 14.8 Å². The van der Waals surface area contributed by atoms with E-state index in [1.165, 1.54) is 19.3 Å². The molecule has 4 nitrogen and oxygen atoms in total. The lowest BCUT2D eigenvalue weighted by atomic mass is 9.88. The average Bonchev–Trinajstić information content (AvgIpc) is 3.13. The molecule has 0 spiro atoms. The molecule has 4 heteroatoms. The number of carbonyl (C=O) groups excluding carboxylic acids is 1. The SMILES string of the molecule is O=C(Nc1ccc2c(c1)OCO2)[C@@H]1C[C@@H]2CC[C@@H]1C2. The molecule has 2 bridgehead atoms. The molecular formula is C15H17NO3. The number of carbonyl (C=O) groups is 1. The fourth-order valence-corrected chi connectivity index (χ4v) is 3.78. The van der Waals surface area contributed by atoms with Gasteiger partial charge in [0.1, 0.15) is 0 Å². The summed E-state index contributed by atoms with van der Waals surface area (Å²) in [5.41, 5.74) is 0.803. The van der Waals surface area contributed by atoms with Gasteiger partial charge in [0.25, 0.3) is 0 Å². The van der Waals surface area contributed by atoms with E-state index in [0.717, 1.165) is 23.8 Å². The van der Waals surface area contributed by atoms with Gasteiger partial charge in [-0.2, -0.15) is 0 Å². The minimum Gasteiger partial charge on any atom is -0.454 e. The predicted octanol–water partition coefficient (Wildman–Crippen LogP) is 2.79. The first-order chi connectivity index (χ1) is 9.29. The maximum absolute atomic E-state index is 12.3. The van der Waals surface area contributed by atoms with Crippen LogP contribution in [0.4, 0.5) is 5.69 Å². The van der Waals surface area contributed by atoms with Gasteiger partial charge in [-0.25, -0.2) is 0 Å². The summed E-state index contributed by atoms with van der Waals surface area (Å²) in [6.45, 7) is 0.263. The van der Waals surface area contributed by atoms with Crippen LogP contribution in [0.1, 0.15) is 25.7 Å². The van der Waals surface area contributed by atoms with E-state index in [1.807, 2.05) is 18.2 Å². The molecule has 0 unspecified atom stereocenters. The molecule has 3 atom stereocenters. The van der Waals surface area contributed by atoms with E-state index in [9.17, 15) is 4.79 Å². The number of ether oxygens (including phenoxy) is 2. The molecular weight excluding hydrogens is 242 g/mol. The van der Waals surface area contributed by atoms with E-state index in [0.29, 0.717) is 11.7 Å². The van der Waals surface area contributed by atoms with Gasteiger partial charge in [-0.05, 0) is 43.2 Å². The molecule has 0 aromatic heterocycles. The van der Waals surface area contributed by atoms with Gasteiger partial charge in [-0.3, -0.25) is 4.79 Å².